The van der Waals surface area contributed by atoms with Gasteiger partial charge in [-0.1, -0.05) is 39.0 Å². The molecule has 26 heavy (non-hydrogen) atoms. The van der Waals surface area contributed by atoms with E-state index in [1.807, 2.05) is 25.1 Å². The first kappa shape index (κ1) is 19.2. The smallest absolute Gasteiger partial charge is 0.234 e. The average Bonchev–Trinajstić information content (AvgIpc) is 2.98. The van der Waals surface area contributed by atoms with E-state index in [-0.39, 0.29) is 17.5 Å². The first-order valence-corrected chi connectivity index (χ1v) is 10.5. The van der Waals surface area contributed by atoms with Gasteiger partial charge in [-0.15, -0.1) is 5.10 Å². The molecule has 0 atom stereocenters. The highest BCUT2D eigenvalue weighted by atomic mass is 79.9. The normalized spacial score (nSPS) is 10.7. The van der Waals surface area contributed by atoms with Gasteiger partial charge in [-0.2, -0.15) is 0 Å². The fraction of sp³-hybridized carbons (Fsp3) is 0.118. The van der Waals surface area contributed by atoms with Gasteiger partial charge < -0.3 is 5.32 Å². The maximum Gasteiger partial charge on any atom is 0.234 e. The number of anilines is 1. The summed E-state index contributed by atoms with van der Waals surface area (Å²) >= 11 is 11.4. The molecular weight excluding hydrogens is 457 g/mol. The molecule has 1 amide bonds. The number of hydrogen-bond donors (Lipinski definition) is 1. The minimum atomic E-state index is -0.315. The molecule has 0 fully saturated rings. The van der Waals surface area contributed by atoms with Gasteiger partial charge in [0, 0.05) is 10.2 Å². The lowest BCUT2D eigenvalue weighted by molar-refractivity contribution is -0.113. The quantitative estimate of drug-likeness (QED) is 0.389. The molecule has 0 radical (unpaired) electrons. The molecule has 9 heteroatoms. The van der Waals surface area contributed by atoms with Crippen molar-refractivity contribution in [1.29, 1.82) is 0 Å². The Bertz CT molecular complexity index is 1000. The molecule has 0 aliphatic heterocycles. The molecule has 0 bridgehead atoms. The number of nitrogens with one attached hydrogen (secondary N) is 1. The second kappa shape index (κ2) is 8.43. The highest BCUT2D eigenvalue weighted by Gasteiger charge is 2.10. The van der Waals surface area contributed by atoms with Crippen LogP contribution in [0.4, 0.5) is 10.1 Å². The maximum atomic E-state index is 13.0. The Morgan fingerprint density at radius 3 is 2.77 bits per heavy atom. The highest BCUT2D eigenvalue weighted by molar-refractivity contribution is 9.10. The second-order valence-electron chi connectivity index (χ2n) is 5.32. The summed E-state index contributed by atoms with van der Waals surface area (Å²) in [6.07, 6.45) is 0. The summed E-state index contributed by atoms with van der Waals surface area (Å²) < 4.78 is 16.8. The molecule has 3 rings (SSSR count). The van der Waals surface area contributed by atoms with E-state index in [2.05, 4.69) is 26.3 Å². The van der Waals surface area contributed by atoms with Gasteiger partial charge in [-0.05, 0) is 67.2 Å². The predicted molar refractivity (Wildman–Crippen MR) is 110 cm³/mol. The molecule has 0 unspecified atom stereocenters. The van der Waals surface area contributed by atoms with Gasteiger partial charge in [0.25, 0.3) is 0 Å². The number of amides is 1. The number of halogens is 2. The minimum absolute atomic E-state index is 0.119. The standard InChI is InChI=1S/C17H13BrFN3OS3/c1-10-8-12(4-7-14(10)18)20-15(23)9-25-16-21-22(17(24)26-16)13-5-2-11(19)3-6-13/h2-8H,9H2,1H3,(H,20,23). The van der Waals surface area contributed by atoms with Crippen LogP contribution in [0, 0.1) is 16.7 Å². The largest absolute Gasteiger partial charge is 0.325 e. The third kappa shape index (κ3) is 4.79. The summed E-state index contributed by atoms with van der Waals surface area (Å²) in [7, 11) is 0. The number of carbonyl (C=O) groups excluding carboxylic acids is 1. The van der Waals surface area contributed by atoms with Crippen molar-refractivity contribution in [2.75, 3.05) is 11.1 Å². The molecule has 1 heterocycles. The van der Waals surface area contributed by atoms with Crippen molar-refractivity contribution < 1.29 is 9.18 Å². The SMILES string of the molecule is Cc1cc(NC(=O)CSc2nn(-c3ccc(F)cc3)c(=S)s2)ccc1Br. The van der Waals surface area contributed by atoms with E-state index in [9.17, 15) is 9.18 Å². The summed E-state index contributed by atoms with van der Waals surface area (Å²) in [6, 6.07) is 11.6. The zero-order valence-corrected chi connectivity index (χ0v) is 17.6. The molecular formula is C17H13BrFN3OS3. The number of hydrogen-bond acceptors (Lipinski definition) is 5. The molecule has 134 valence electrons. The summed E-state index contributed by atoms with van der Waals surface area (Å²) in [5, 5.41) is 7.26. The van der Waals surface area contributed by atoms with Gasteiger partial charge >= 0.3 is 0 Å². The molecule has 0 saturated carbocycles. The summed E-state index contributed by atoms with van der Waals surface area (Å²) in [5.74, 6) is -0.211. The van der Waals surface area contributed by atoms with Crippen molar-refractivity contribution in [3.05, 3.63) is 62.3 Å². The number of aryl methyl sites for hydroxylation is 1. The van der Waals surface area contributed by atoms with Crippen LogP contribution in [0.15, 0.2) is 51.3 Å². The zero-order valence-electron chi connectivity index (χ0n) is 13.5. The fourth-order valence-electron chi connectivity index (χ4n) is 2.11. The van der Waals surface area contributed by atoms with Gasteiger partial charge in [0.15, 0.2) is 8.29 Å². The Hall–Kier alpha value is -1.55. The second-order valence-corrected chi connectivity index (χ2v) is 9.02. The molecule has 3 aromatic rings. The van der Waals surface area contributed by atoms with Gasteiger partial charge in [-0.3, -0.25) is 4.79 Å². The lowest BCUT2D eigenvalue weighted by atomic mass is 10.2. The van der Waals surface area contributed by atoms with E-state index in [0.29, 0.717) is 14.0 Å². The number of benzene rings is 2. The van der Waals surface area contributed by atoms with Gasteiger partial charge in [0.2, 0.25) is 5.91 Å². The Labute approximate surface area is 171 Å². The van der Waals surface area contributed by atoms with E-state index in [1.165, 1.54) is 35.2 Å². The Kier molecular flexibility index (Phi) is 6.23. The van der Waals surface area contributed by atoms with Crippen LogP contribution in [0.25, 0.3) is 5.69 Å². The van der Waals surface area contributed by atoms with Crippen molar-refractivity contribution in [2.45, 2.75) is 11.3 Å². The third-order valence-corrected chi connectivity index (χ3v) is 6.62. The van der Waals surface area contributed by atoms with Crippen molar-refractivity contribution in [3.63, 3.8) is 0 Å². The fourth-order valence-corrected chi connectivity index (χ4v) is 4.52. The highest BCUT2D eigenvalue weighted by Crippen LogP contribution is 2.25. The predicted octanol–water partition coefficient (Wildman–Crippen LogP) is 5.60. The minimum Gasteiger partial charge on any atom is -0.325 e. The van der Waals surface area contributed by atoms with Crippen LogP contribution in [-0.4, -0.2) is 21.4 Å². The maximum absolute atomic E-state index is 13.0. The topological polar surface area (TPSA) is 46.9 Å². The van der Waals surface area contributed by atoms with Crippen molar-refractivity contribution in [1.82, 2.24) is 9.78 Å². The lowest BCUT2D eigenvalue weighted by Gasteiger charge is -2.06. The molecule has 0 spiro atoms. The van der Waals surface area contributed by atoms with Gasteiger partial charge in [0.1, 0.15) is 5.82 Å². The third-order valence-electron chi connectivity index (χ3n) is 3.37. The number of nitrogens with zero attached hydrogens (tertiary/aromatic N) is 2. The van der Waals surface area contributed by atoms with E-state index in [4.69, 9.17) is 12.2 Å². The van der Waals surface area contributed by atoms with Crippen LogP contribution in [-0.2, 0) is 4.79 Å². The first-order valence-electron chi connectivity index (χ1n) is 7.47. The van der Waals surface area contributed by atoms with Crippen molar-refractivity contribution in [2.24, 2.45) is 0 Å². The average molecular weight is 470 g/mol. The van der Waals surface area contributed by atoms with Crippen molar-refractivity contribution in [3.8, 4) is 5.69 Å². The monoisotopic (exact) mass is 469 g/mol. The Balaban J connectivity index is 1.63. The summed E-state index contributed by atoms with van der Waals surface area (Å²) in [4.78, 5) is 12.1. The molecule has 1 N–H and O–H groups in total. The van der Waals surface area contributed by atoms with E-state index < -0.39 is 0 Å². The molecule has 2 aromatic carbocycles. The molecule has 1 aromatic heterocycles. The summed E-state index contributed by atoms with van der Waals surface area (Å²) in [5.41, 5.74) is 2.49. The van der Waals surface area contributed by atoms with Crippen LogP contribution >= 0.6 is 51.2 Å². The number of rotatable bonds is 5. The van der Waals surface area contributed by atoms with Gasteiger partial charge in [-0.25, -0.2) is 9.07 Å². The van der Waals surface area contributed by atoms with Crippen LogP contribution < -0.4 is 5.32 Å². The van der Waals surface area contributed by atoms with Crippen LogP contribution in [0.1, 0.15) is 5.56 Å². The first-order chi connectivity index (χ1) is 12.4. The lowest BCUT2D eigenvalue weighted by Crippen LogP contribution is -2.14. The van der Waals surface area contributed by atoms with Crippen molar-refractivity contribution >= 4 is 62.8 Å². The molecule has 0 aliphatic carbocycles. The molecule has 0 aliphatic rings. The van der Waals surface area contributed by atoms with Gasteiger partial charge in [0.05, 0.1) is 11.4 Å². The van der Waals surface area contributed by atoms with Crippen LogP contribution in [0.2, 0.25) is 0 Å². The molecule has 4 nitrogen and oxygen atoms in total. The summed E-state index contributed by atoms with van der Waals surface area (Å²) in [6.45, 7) is 1.96. The number of aromatic nitrogens is 2. The van der Waals surface area contributed by atoms with Crippen LogP contribution in [0.5, 0.6) is 0 Å². The van der Waals surface area contributed by atoms with Crippen LogP contribution in [0.3, 0.4) is 0 Å². The van der Waals surface area contributed by atoms with E-state index in [0.717, 1.165) is 15.7 Å². The zero-order chi connectivity index (χ0) is 18.7. The Morgan fingerprint density at radius 1 is 1.35 bits per heavy atom. The number of thioether (sulfide) groups is 1. The van der Waals surface area contributed by atoms with E-state index in [1.54, 1.807) is 16.8 Å². The van der Waals surface area contributed by atoms with E-state index >= 15 is 0 Å². The Morgan fingerprint density at radius 2 is 2.08 bits per heavy atom. The number of carbonyl (C=O) groups is 1. The molecule has 0 saturated heterocycles.